The van der Waals surface area contributed by atoms with E-state index in [2.05, 4.69) is 12.1 Å². The van der Waals surface area contributed by atoms with E-state index in [4.69, 9.17) is 9.47 Å². The predicted octanol–water partition coefficient (Wildman–Crippen LogP) is 1.74. The topological polar surface area (TPSA) is 38.7 Å². The summed E-state index contributed by atoms with van der Waals surface area (Å²) in [4.78, 5) is 0. The first-order valence-electron chi connectivity index (χ1n) is 6.10. The van der Waals surface area contributed by atoms with Crippen molar-refractivity contribution in [2.45, 2.75) is 24.4 Å². The molecule has 1 fully saturated rings. The van der Waals surface area contributed by atoms with Crippen molar-refractivity contribution in [3.8, 4) is 0 Å². The first-order valence-corrected chi connectivity index (χ1v) is 6.10. The average molecular weight is 236 g/mol. The third-order valence-electron chi connectivity index (χ3n) is 3.70. The van der Waals surface area contributed by atoms with E-state index in [1.54, 1.807) is 7.11 Å². The molecule has 1 atom stereocenters. The normalized spacial score (nSPS) is 21.1. The molecule has 1 aliphatic heterocycles. The van der Waals surface area contributed by atoms with Crippen molar-refractivity contribution >= 4 is 0 Å². The largest absolute Gasteiger partial charge is 0.390 e. The molecule has 1 N–H and O–H groups in total. The lowest BCUT2D eigenvalue weighted by atomic mass is 9.70. The summed E-state index contributed by atoms with van der Waals surface area (Å²) < 4.78 is 10.5. The Hall–Kier alpha value is -0.900. The van der Waals surface area contributed by atoms with Crippen molar-refractivity contribution < 1.29 is 14.6 Å². The Morgan fingerprint density at radius 1 is 1.29 bits per heavy atom. The molecule has 3 heteroatoms. The number of aliphatic hydroxyl groups is 1. The van der Waals surface area contributed by atoms with E-state index in [1.807, 2.05) is 18.2 Å². The van der Waals surface area contributed by atoms with Crippen LogP contribution in [0.2, 0.25) is 0 Å². The van der Waals surface area contributed by atoms with Crippen LogP contribution in [0.25, 0.3) is 0 Å². The number of ether oxygens (including phenoxy) is 2. The van der Waals surface area contributed by atoms with Crippen LogP contribution in [0.5, 0.6) is 0 Å². The molecule has 0 saturated carbocycles. The number of benzene rings is 1. The van der Waals surface area contributed by atoms with Gasteiger partial charge in [0.2, 0.25) is 0 Å². The molecule has 0 aromatic heterocycles. The maximum absolute atomic E-state index is 10.4. The minimum Gasteiger partial charge on any atom is -0.390 e. The molecule has 3 nitrogen and oxygen atoms in total. The van der Waals surface area contributed by atoms with Crippen LogP contribution >= 0.6 is 0 Å². The fraction of sp³-hybridized carbons (Fsp3) is 0.571. The zero-order valence-corrected chi connectivity index (χ0v) is 10.3. The Bertz CT molecular complexity index is 331. The van der Waals surface area contributed by atoms with Crippen molar-refractivity contribution in [1.29, 1.82) is 0 Å². The van der Waals surface area contributed by atoms with E-state index in [9.17, 15) is 5.11 Å². The molecule has 1 aromatic rings. The molecule has 1 aromatic carbocycles. The first kappa shape index (κ1) is 12.6. The number of methoxy groups -OCH3 is 1. The first-order chi connectivity index (χ1) is 8.29. The molecule has 0 aliphatic carbocycles. The van der Waals surface area contributed by atoms with E-state index in [-0.39, 0.29) is 5.41 Å². The van der Waals surface area contributed by atoms with Crippen LogP contribution in [0.4, 0.5) is 0 Å². The summed E-state index contributed by atoms with van der Waals surface area (Å²) in [7, 11) is 1.63. The van der Waals surface area contributed by atoms with Crippen molar-refractivity contribution in [3.63, 3.8) is 0 Å². The highest BCUT2D eigenvalue weighted by molar-refractivity contribution is 5.27. The molecular formula is C14H20O3. The van der Waals surface area contributed by atoms with Crippen molar-refractivity contribution in [2.24, 2.45) is 0 Å². The summed E-state index contributed by atoms with van der Waals surface area (Å²) in [6.07, 6.45) is 1.22. The second kappa shape index (κ2) is 5.63. The summed E-state index contributed by atoms with van der Waals surface area (Å²) in [6.45, 7) is 1.78. The van der Waals surface area contributed by atoms with Gasteiger partial charge in [0, 0.05) is 25.7 Å². The monoisotopic (exact) mass is 236 g/mol. The lowest BCUT2D eigenvalue weighted by Gasteiger charge is -2.41. The second-order valence-corrected chi connectivity index (χ2v) is 4.61. The minimum atomic E-state index is -0.473. The minimum absolute atomic E-state index is 0.213. The van der Waals surface area contributed by atoms with Gasteiger partial charge in [0.1, 0.15) is 0 Å². The number of aliphatic hydroxyl groups excluding tert-OH is 1. The molecule has 0 spiro atoms. The summed E-state index contributed by atoms with van der Waals surface area (Å²) >= 11 is 0. The van der Waals surface area contributed by atoms with Crippen LogP contribution < -0.4 is 0 Å². The Balaban J connectivity index is 2.29. The Morgan fingerprint density at radius 3 is 2.53 bits per heavy atom. The maximum atomic E-state index is 10.4. The van der Waals surface area contributed by atoms with Gasteiger partial charge in [-0.3, -0.25) is 0 Å². The molecule has 17 heavy (non-hydrogen) atoms. The van der Waals surface area contributed by atoms with E-state index in [0.29, 0.717) is 19.8 Å². The van der Waals surface area contributed by atoms with Gasteiger partial charge < -0.3 is 14.6 Å². The zero-order valence-electron chi connectivity index (χ0n) is 10.3. The van der Waals surface area contributed by atoms with Crippen LogP contribution in [0.3, 0.4) is 0 Å². The van der Waals surface area contributed by atoms with Gasteiger partial charge in [-0.2, -0.15) is 0 Å². The molecule has 0 bridgehead atoms. The number of hydrogen-bond donors (Lipinski definition) is 1. The summed E-state index contributed by atoms with van der Waals surface area (Å²) in [5.74, 6) is 0. The quantitative estimate of drug-likeness (QED) is 0.865. The SMILES string of the molecule is COCC(O)C1(c2ccccc2)CCOCC1. The van der Waals surface area contributed by atoms with Crippen LogP contribution in [0.15, 0.2) is 30.3 Å². The van der Waals surface area contributed by atoms with Crippen molar-refractivity contribution in [2.75, 3.05) is 26.9 Å². The number of rotatable bonds is 4. The van der Waals surface area contributed by atoms with Gasteiger partial charge in [0.25, 0.3) is 0 Å². The highest BCUT2D eigenvalue weighted by Crippen LogP contribution is 2.38. The van der Waals surface area contributed by atoms with Gasteiger partial charge in [0.15, 0.2) is 0 Å². The Morgan fingerprint density at radius 2 is 1.94 bits per heavy atom. The van der Waals surface area contributed by atoms with Crippen LogP contribution in [0, 0.1) is 0 Å². The fourth-order valence-electron chi connectivity index (χ4n) is 2.64. The third-order valence-corrected chi connectivity index (χ3v) is 3.70. The standard InChI is InChI=1S/C14H20O3/c1-16-11-13(15)14(7-9-17-10-8-14)12-5-3-2-4-6-12/h2-6,13,15H,7-11H2,1H3. The van der Waals surface area contributed by atoms with E-state index < -0.39 is 6.10 Å². The Kier molecular flexibility index (Phi) is 4.15. The predicted molar refractivity (Wildman–Crippen MR) is 66.1 cm³/mol. The fourth-order valence-corrected chi connectivity index (χ4v) is 2.64. The summed E-state index contributed by atoms with van der Waals surface area (Å²) in [6, 6.07) is 10.2. The maximum Gasteiger partial charge on any atom is 0.0871 e. The van der Waals surface area contributed by atoms with Crippen molar-refractivity contribution in [3.05, 3.63) is 35.9 Å². The van der Waals surface area contributed by atoms with Gasteiger partial charge in [0.05, 0.1) is 12.7 Å². The number of hydrogen-bond acceptors (Lipinski definition) is 3. The molecule has 1 heterocycles. The summed E-state index contributed by atoms with van der Waals surface area (Å²) in [5.41, 5.74) is 0.975. The van der Waals surface area contributed by atoms with Gasteiger partial charge in [-0.25, -0.2) is 0 Å². The highest BCUT2D eigenvalue weighted by Gasteiger charge is 2.40. The van der Waals surface area contributed by atoms with Crippen LogP contribution in [0.1, 0.15) is 18.4 Å². The third kappa shape index (κ3) is 2.51. The molecule has 94 valence electrons. The zero-order chi connectivity index (χ0) is 12.1. The lowest BCUT2D eigenvalue weighted by Crippen LogP contribution is -2.46. The smallest absolute Gasteiger partial charge is 0.0871 e. The Labute approximate surface area is 102 Å². The molecule has 2 rings (SSSR count). The van der Waals surface area contributed by atoms with Gasteiger partial charge in [-0.1, -0.05) is 30.3 Å². The molecular weight excluding hydrogens is 216 g/mol. The molecule has 0 radical (unpaired) electrons. The van der Waals surface area contributed by atoms with Crippen LogP contribution in [-0.2, 0) is 14.9 Å². The lowest BCUT2D eigenvalue weighted by molar-refractivity contribution is -0.0452. The van der Waals surface area contributed by atoms with Gasteiger partial charge in [-0.15, -0.1) is 0 Å². The molecule has 0 amide bonds. The van der Waals surface area contributed by atoms with E-state index >= 15 is 0 Å². The summed E-state index contributed by atoms with van der Waals surface area (Å²) in [5, 5.41) is 10.4. The molecule has 1 aliphatic rings. The highest BCUT2D eigenvalue weighted by atomic mass is 16.5. The van der Waals surface area contributed by atoms with Crippen LogP contribution in [-0.4, -0.2) is 38.1 Å². The van der Waals surface area contributed by atoms with Gasteiger partial charge >= 0.3 is 0 Å². The van der Waals surface area contributed by atoms with Gasteiger partial charge in [-0.05, 0) is 18.4 Å². The van der Waals surface area contributed by atoms with E-state index in [0.717, 1.165) is 12.8 Å². The van der Waals surface area contributed by atoms with E-state index in [1.165, 1.54) is 5.56 Å². The average Bonchev–Trinajstić information content (AvgIpc) is 2.41. The second-order valence-electron chi connectivity index (χ2n) is 4.61. The molecule has 1 saturated heterocycles. The van der Waals surface area contributed by atoms with Crippen molar-refractivity contribution in [1.82, 2.24) is 0 Å². The molecule has 1 unspecified atom stereocenters.